The van der Waals surface area contributed by atoms with E-state index in [1.807, 2.05) is 0 Å². The molecule has 0 radical (unpaired) electrons. The number of rotatable bonds is 5. The normalized spacial score (nSPS) is 10.2. The molecule has 0 aliphatic rings. The van der Waals surface area contributed by atoms with Crippen molar-refractivity contribution in [3.8, 4) is 0 Å². The van der Waals surface area contributed by atoms with Crippen LogP contribution in [0.4, 0.5) is 10.1 Å². The number of pyridine rings is 1. The third kappa shape index (κ3) is 5.03. The highest BCUT2D eigenvalue weighted by atomic mass is 35.5. The van der Waals surface area contributed by atoms with Crippen LogP contribution in [-0.2, 0) is 16.1 Å². The fraction of sp³-hybridized carbons (Fsp3) is 0.188. The van der Waals surface area contributed by atoms with Crippen molar-refractivity contribution < 1.29 is 14.0 Å². The van der Waals surface area contributed by atoms with E-state index in [2.05, 4.69) is 10.3 Å². The van der Waals surface area contributed by atoms with E-state index in [4.69, 9.17) is 11.6 Å². The van der Waals surface area contributed by atoms with Crippen LogP contribution in [0.2, 0.25) is 5.02 Å². The summed E-state index contributed by atoms with van der Waals surface area (Å²) in [4.78, 5) is 29.2. The molecule has 0 unspecified atom stereocenters. The Kier molecular flexibility index (Phi) is 5.65. The van der Waals surface area contributed by atoms with Crippen molar-refractivity contribution >= 4 is 29.1 Å². The van der Waals surface area contributed by atoms with Gasteiger partial charge in [0.2, 0.25) is 11.8 Å². The molecular formula is C16H15ClFN3O2. The van der Waals surface area contributed by atoms with Crippen molar-refractivity contribution in [2.45, 2.75) is 13.5 Å². The lowest BCUT2D eigenvalue weighted by Crippen LogP contribution is -2.36. The quantitative estimate of drug-likeness (QED) is 0.914. The molecule has 1 N–H and O–H groups in total. The third-order valence-corrected chi connectivity index (χ3v) is 3.35. The molecule has 0 bridgehead atoms. The average Bonchev–Trinajstić information content (AvgIpc) is 2.51. The van der Waals surface area contributed by atoms with Gasteiger partial charge in [-0.05, 0) is 30.3 Å². The number of benzene rings is 1. The van der Waals surface area contributed by atoms with E-state index >= 15 is 0 Å². The second-order valence-corrected chi connectivity index (χ2v) is 5.28. The minimum Gasteiger partial charge on any atom is -0.328 e. The van der Waals surface area contributed by atoms with Gasteiger partial charge in [0.1, 0.15) is 12.4 Å². The monoisotopic (exact) mass is 335 g/mol. The lowest BCUT2D eigenvalue weighted by atomic mass is 10.3. The average molecular weight is 336 g/mol. The first-order valence-electron chi connectivity index (χ1n) is 6.86. The Balaban J connectivity index is 2.00. The minimum absolute atomic E-state index is 0.0836. The highest BCUT2D eigenvalue weighted by Gasteiger charge is 2.15. The molecular weight excluding hydrogens is 321 g/mol. The second kappa shape index (κ2) is 7.69. The number of halogens is 2. The largest absolute Gasteiger partial charge is 0.328 e. The second-order valence-electron chi connectivity index (χ2n) is 4.87. The summed E-state index contributed by atoms with van der Waals surface area (Å²) >= 11 is 5.66. The summed E-state index contributed by atoms with van der Waals surface area (Å²) in [5.74, 6) is -1.22. The van der Waals surface area contributed by atoms with Gasteiger partial charge in [0.05, 0.1) is 17.3 Å². The van der Waals surface area contributed by atoms with Crippen molar-refractivity contribution in [2.75, 3.05) is 11.9 Å². The van der Waals surface area contributed by atoms with E-state index in [0.29, 0.717) is 11.4 Å². The predicted octanol–water partition coefficient (Wildman–Crippen LogP) is 2.86. The number of carbonyl (C=O) groups is 2. The molecule has 0 aliphatic carbocycles. The van der Waals surface area contributed by atoms with Gasteiger partial charge in [-0.25, -0.2) is 4.39 Å². The van der Waals surface area contributed by atoms with Crippen molar-refractivity contribution in [2.24, 2.45) is 0 Å². The molecule has 0 saturated carbocycles. The molecule has 0 spiro atoms. The van der Waals surface area contributed by atoms with Gasteiger partial charge in [-0.15, -0.1) is 0 Å². The SMILES string of the molecule is CC(=O)N(CC(=O)Nc1ccc(F)c(Cl)c1)Cc1ccccn1. The molecule has 1 heterocycles. The van der Waals surface area contributed by atoms with Gasteiger partial charge in [0.15, 0.2) is 0 Å². The van der Waals surface area contributed by atoms with E-state index in [-0.39, 0.29) is 24.0 Å². The lowest BCUT2D eigenvalue weighted by molar-refractivity contribution is -0.133. The number of aromatic nitrogens is 1. The molecule has 7 heteroatoms. The van der Waals surface area contributed by atoms with Crippen molar-refractivity contribution in [3.05, 3.63) is 59.1 Å². The van der Waals surface area contributed by atoms with Crippen LogP contribution in [0.1, 0.15) is 12.6 Å². The zero-order valence-electron chi connectivity index (χ0n) is 12.4. The molecule has 23 heavy (non-hydrogen) atoms. The molecule has 0 saturated heterocycles. The van der Waals surface area contributed by atoms with Gasteiger partial charge in [-0.3, -0.25) is 14.6 Å². The zero-order chi connectivity index (χ0) is 16.8. The Morgan fingerprint density at radius 1 is 1.30 bits per heavy atom. The highest BCUT2D eigenvalue weighted by Crippen LogP contribution is 2.19. The smallest absolute Gasteiger partial charge is 0.244 e. The lowest BCUT2D eigenvalue weighted by Gasteiger charge is -2.20. The van der Waals surface area contributed by atoms with Gasteiger partial charge in [-0.2, -0.15) is 0 Å². The summed E-state index contributed by atoms with van der Waals surface area (Å²) in [6, 6.07) is 9.22. The summed E-state index contributed by atoms with van der Waals surface area (Å²) in [6.45, 7) is 1.47. The number of hydrogen-bond donors (Lipinski definition) is 1. The Bertz CT molecular complexity index is 710. The molecule has 0 fully saturated rings. The molecule has 2 aromatic rings. The number of nitrogens with one attached hydrogen (secondary N) is 1. The van der Waals surface area contributed by atoms with Crippen LogP contribution < -0.4 is 5.32 Å². The van der Waals surface area contributed by atoms with E-state index in [1.165, 1.54) is 24.0 Å². The van der Waals surface area contributed by atoms with E-state index in [0.717, 1.165) is 6.07 Å². The Hall–Kier alpha value is -2.47. The van der Waals surface area contributed by atoms with E-state index in [1.54, 1.807) is 24.4 Å². The molecule has 2 amide bonds. The van der Waals surface area contributed by atoms with Gasteiger partial charge in [0, 0.05) is 18.8 Å². The molecule has 5 nitrogen and oxygen atoms in total. The minimum atomic E-state index is -0.565. The molecule has 0 aliphatic heterocycles. The summed E-state index contributed by atoms with van der Waals surface area (Å²) < 4.78 is 13.1. The summed E-state index contributed by atoms with van der Waals surface area (Å²) in [5.41, 5.74) is 1.04. The molecule has 0 atom stereocenters. The first-order chi connectivity index (χ1) is 11.0. The number of anilines is 1. The molecule has 1 aromatic heterocycles. The first-order valence-corrected chi connectivity index (χ1v) is 7.24. The van der Waals surface area contributed by atoms with Gasteiger partial charge in [0.25, 0.3) is 0 Å². The van der Waals surface area contributed by atoms with E-state index < -0.39 is 11.7 Å². The van der Waals surface area contributed by atoms with Crippen LogP contribution in [-0.4, -0.2) is 28.2 Å². The van der Waals surface area contributed by atoms with Crippen molar-refractivity contribution in [1.82, 2.24) is 9.88 Å². The van der Waals surface area contributed by atoms with Crippen LogP contribution in [0.3, 0.4) is 0 Å². The number of nitrogens with zero attached hydrogens (tertiary/aromatic N) is 2. The van der Waals surface area contributed by atoms with Gasteiger partial charge in [-0.1, -0.05) is 17.7 Å². The van der Waals surface area contributed by atoms with Crippen LogP contribution >= 0.6 is 11.6 Å². The fourth-order valence-electron chi connectivity index (χ4n) is 1.91. The predicted molar refractivity (Wildman–Crippen MR) is 85.4 cm³/mol. The Labute approximate surface area is 138 Å². The number of carbonyl (C=O) groups excluding carboxylic acids is 2. The maximum atomic E-state index is 13.1. The Morgan fingerprint density at radius 3 is 2.70 bits per heavy atom. The van der Waals surface area contributed by atoms with Gasteiger partial charge >= 0.3 is 0 Å². The van der Waals surface area contributed by atoms with Crippen molar-refractivity contribution in [3.63, 3.8) is 0 Å². The Morgan fingerprint density at radius 2 is 2.09 bits per heavy atom. The summed E-state index contributed by atoms with van der Waals surface area (Å²) in [5, 5.41) is 2.49. The standard InChI is InChI=1S/C16H15ClFN3O2/c1-11(22)21(9-13-4-2-3-7-19-13)10-16(23)20-12-5-6-15(18)14(17)8-12/h2-8H,9-10H2,1H3,(H,20,23). The molecule has 2 rings (SSSR count). The van der Waals surface area contributed by atoms with E-state index in [9.17, 15) is 14.0 Å². The third-order valence-electron chi connectivity index (χ3n) is 3.06. The van der Waals surface area contributed by atoms with Crippen LogP contribution in [0.5, 0.6) is 0 Å². The fourth-order valence-corrected chi connectivity index (χ4v) is 2.09. The van der Waals surface area contributed by atoms with Crippen LogP contribution in [0, 0.1) is 5.82 Å². The maximum absolute atomic E-state index is 13.1. The number of hydrogen-bond acceptors (Lipinski definition) is 3. The zero-order valence-corrected chi connectivity index (χ0v) is 13.2. The topological polar surface area (TPSA) is 62.3 Å². The molecule has 1 aromatic carbocycles. The van der Waals surface area contributed by atoms with Gasteiger partial charge < -0.3 is 10.2 Å². The van der Waals surface area contributed by atoms with Crippen LogP contribution in [0.15, 0.2) is 42.6 Å². The maximum Gasteiger partial charge on any atom is 0.244 e. The summed E-state index contributed by atoms with van der Waals surface area (Å²) in [6.07, 6.45) is 1.62. The van der Waals surface area contributed by atoms with Crippen molar-refractivity contribution in [1.29, 1.82) is 0 Å². The summed E-state index contributed by atoms with van der Waals surface area (Å²) in [7, 11) is 0. The van der Waals surface area contributed by atoms with Crippen LogP contribution in [0.25, 0.3) is 0 Å². The number of amides is 2. The first kappa shape index (κ1) is 16.9. The molecule has 120 valence electrons. The highest BCUT2D eigenvalue weighted by molar-refractivity contribution is 6.31.